The Kier molecular flexibility index (Phi) is 6.73. The van der Waals surface area contributed by atoms with E-state index in [0.29, 0.717) is 22.2 Å². The van der Waals surface area contributed by atoms with Gasteiger partial charge in [0, 0.05) is 67.6 Å². The first-order valence-electron chi connectivity index (χ1n) is 11.3. The zero-order chi connectivity index (χ0) is 23.5. The number of aromatic amines is 1. The van der Waals surface area contributed by atoms with Crippen molar-refractivity contribution in [2.24, 2.45) is 0 Å². The third kappa shape index (κ3) is 5.05. The Morgan fingerprint density at radius 2 is 1.91 bits per heavy atom. The van der Waals surface area contributed by atoms with Crippen molar-refractivity contribution < 1.29 is 9.50 Å². The van der Waals surface area contributed by atoms with Crippen molar-refractivity contribution in [1.82, 2.24) is 24.8 Å². The van der Waals surface area contributed by atoms with Gasteiger partial charge in [0.2, 0.25) is 5.95 Å². The molecule has 0 bridgehead atoms. The molecule has 2 aromatic heterocycles. The van der Waals surface area contributed by atoms with Gasteiger partial charge in [-0.05, 0) is 35.9 Å². The van der Waals surface area contributed by atoms with Crippen LogP contribution in [0.15, 0.2) is 54.9 Å². The molecule has 0 spiro atoms. The summed E-state index contributed by atoms with van der Waals surface area (Å²) in [4.78, 5) is 16.8. The van der Waals surface area contributed by atoms with Crippen LogP contribution in [0, 0.1) is 5.82 Å². The number of aliphatic hydroxyl groups is 1. The number of benzene rings is 2. The summed E-state index contributed by atoms with van der Waals surface area (Å²) in [6.07, 6.45) is 3.35. The van der Waals surface area contributed by atoms with Crippen LogP contribution in [0.4, 0.5) is 16.0 Å². The molecule has 7 nitrogen and oxygen atoms in total. The highest BCUT2D eigenvalue weighted by Gasteiger charge is 2.17. The van der Waals surface area contributed by atoms with Gasteiger partial charge in [-0.25, -0.2) is 14.4 Å². The summed E-state index contributed by atoms with van der Waals surface area (Å²) in [5.74, 6) is 0.134. The van der Waals surface area contributed by atoms with Gasteiger partial charge in [-0.15, -0.1) is 0 Å². The van der Waals surface area contributed by atoms with Crippen LogP contribution in [0.25, 0.3) is 22.2 Å². The van der Waals surface area contributed by atoms with Gasteiger partial charge in [0.1, 0.15) is 5.82 Å². The van der Waals surface area contributed by atoms with Crippen LogP contribution in [-0.2, 0) is 6.54 Å². The molecule has 4 aromatic rings. The largest absolute Gasteiger partial charge is 0.395 e. The molecule has 0 atom stereocenters. The third-order valence-corrected chi connectivity index (χ3v) is 6.39. The summed E-state index contributed by atoms with van der Waals surface area (Å²) in [6.45, 7) is 5.72. The molecule has 1 saturated heterocycles. The Morgan fingerprint density at radius 3 is 2.74 bits per heavy atom. The summed E-state index contributed by atoms with van der Waals surface area (Å²) in [7, 11) is 0. The number of anilines is 2. The number of hydrogen-bond acceptors (Lipinski definition) is 6. The number of nitrogens with one attached hydrogen (secondary N) is 2. The predicted molar refractivity (Wildman–Crippen MR) is 133 cm³/mol. The maximum Gasteiger partial charge on any atom is 0.227 e. The van der Waals surface area contributed by atoms with Gasteiger partial charge in [-0.3, -0.25) is 9.80 Å². The predicted octanol–water partition coefficient (Wildman–Crippen LogP) is 4.27. The maximum atomic E-state index is 13.6. The Balaban J connectivity index is 1.31. The lowest BCUT2D eigenvalue weighted by Crippen LogP contribution is -2.46. The summed E-state index contributed by atoms with van der Waals surface area (Å²) in [6, 6.07) is 12.8. The van der Waals surface area contributed by atoms with Crippen molar-refractivity contribution in [3.8, 4) is 11.3 Å². The zero-order valence-corrected chi connectivity index (χ0v) is 19.4. The van der Waals surface area contributed by atoms with E-state index in [1.54, 1.807) is 18.5 Å². The highest BCUT2D eigenvalue weighted by molar-refractivity contribution is 6.33. The van der Waals surface area contributed by atoms with Crippen LogP contribution >= 0.6 is 11.6 Å². The van der Waals surface area contributed by atoms with E-state index < -0.39 is 0 Å². The molecule has 2 aromatic carbocycles. The van der Waals surface area contributed by atoms with Gasteiger partial charge in [-0.2, -0.15) is 0 Å². The SMILES string of the molecule is OCCN1CCN(Cc2cccc(Nc3ncc(Cl)c(-c4c[nH]c5cc(F)ccc45)n3)c2)CC1. The normalized spacial score (nSPS) is 15.1. The van der Waals surface area contributed by atoms with Crippen LogP contribution in [-0.4, -0.2) is 69.2 Å². The van der Waals surface area contributed by atoms with E-state index in [1.807, 2.05) is 12.1 Å². The van der Waals surface area contributed by atoms with E-state index in [-0.39, 0.29) is 12.4 Å². The van der Waals surface area contributed by atoms with E-state index >= 15 is 0 Å². The number of rotatable bonds is 7. The number of nitrogens with zero attached hydrogens (tertiary/aromatic N) is 4. The van der Waals surface area contributed by atoms with E-state index in [2.05, 4.69) is 42.2 Å². The fraction of sp³-hybridized carbons (Fsp3) is 0.280. The second-order valence-corrected chi connectivity index (χ2v) is 8.86. The average Bonchev–Trinajstić information content (AvgIpc) is 3.25. The first-order chi connectivity index (χ1) is 16.6. The topological polar surface area (TPSA) is 80.3 Å². The number of aromatic nitrogens is 3. The second-order valence-electron chi connectivity index (χ2n) is 8.45. The minimum Gasteiger partial charge on any atom is -0.395 e. The number of hydrogen-bond donors (Lipinski definition) is 3. The number of halogens is 2. The smallest absolute Gasteiger partial charge is 0.227 e. The lowest BCUT2D eigenvalue weighted by molar-refractivity contribution is 0.108. The van der Waals surface area contributed by atoms with Crippen molar-refractivity contribution >= 4 is 34.1 Å². The van der Waals surface area contributed by atoms with Crippen LogP contribution in [0.2, 0.25) is 5.02 Å². The molecule has 0 amide bonds. The lowest BCUT2D eigenvalue weighted by atomic mass is 10.1. The van der Waals surface area contributed by atoms with Gasteiger partial charge in [0.15, 0.2) is 0 Å². The first kappa shape index (κ1) is 22.7. The summed E-state index contributed by atoms with van der Waals surface area (Å²) in [5.41, 5.74) is 4.15. The Labute approximate surface area is 202 Å². The van der Waals surface area contributed by atoms with Gasteiger partial charge in [-0.1, -0.05) is 23.7 Å². The molecule has 9 heteroatoms. The van der Waals surface area contributed by atoms with Crippen molar-refractivity contribution in [3.63, 3.8) is 0 Å². The van der Waals surface area contributed by atoms with Gasteiger partial charge < -0.3 is 15.4 Å². The second kappa shape index (κ2) is 10.1. The maximum absolute atomic E-state index is 13.6. The molecule has 0 aliphatic carbocycles. The van der Waals surface area contributed by atoms with Crippen molar-refractivity contribution in [3.05, 3.63) is 71.3 Å². The highest BCUT2D eigenvalue weighted by Crippen LogP contribution is 2.33. The minimum atomic E-state index is -0.302. The molecule has 34 heavy (non-hydrogen) atoms. The molecule has 0 radical (unpaired) electrons. The van der Waals surface area contributed by atoms with Gasteiger partial charge >= 0.3 is 0 Å². The monoisotopic (exact) mass is 480 g/mol. The molecule has 176 valence electrons. The number of β-amino-alcohol motifs (C(OH)–C–C–N with tert-alkyl or cyclic N) is 1. The fourth-order valence-electron chi connectivity index (χ4n) is 4.36. The molecule has 1 fully saturated rings. The van der Waals surface area contributed by atoms with Crippen LogP contribution in [0.5, 0.6) is 0 Å². The molecular weight excluding hydrogens is 455 g/mol. The average molecular weight is 481 g/mol. The summed E-state index contributed by atoms with van der Waals surface area (Å²) >= 11 is 6.42. The fourth-order valence-corrected chi connectivity index (χ4v) is 4.55. The Bertz CT molecular complexity index is 1290. The number of fused-ring (bicyclic) bond motifs is 1. The molecule has 1 aliphatic heterocycles. The number of H-pyrrole nitrogens is 1. The van der Waals surface area contributed by atoms with E-state index in [4.69, 9.17) is 16.7 Å². The van der Waals surface area contributed by atoms with E-state index in [9.17, 15) is 4.39 Å². The number of aliphatic hydroxyl groups excluding tert-OH is 1. The van der Waals surface area contributed by atoms with E-state index in [1.165, 1.54) is 17.7 Å². The molecule has 3 heterocycles. The standard InChI is InChI=1S/C25H26ClFN6O/c26-22-15-29-25(31-24(22)21-14-28-23-13-18(27)4-5-20(21)23)30-19-3-1-2-17(12-19)16-33-8-6-32(7-9-33)10-11-34/h1-5,12-15,28,34H,6-11,16H2,(H,29,30,31). The quantitative estimate of drug-likeness (QED) is 0.366. The number of piperazine rings is 1. The Morgan fingerprint density at radius 1 is 1.09 bits per heavy atom. The molecule has 5 rings (SSSR count). The van der Waals surface area contributed by atoms with Gasteiger partial charge in [0.05, 0.1) is 23.5 Å². The van der Waals surface area contributed by atoms with Crippen molar-refractivity contribution in [2.75, 3.05) is 44.6 Å². The summed E-state index contributed by atoms with van der Waals surface area (Å²) < 4.78 is 13.6. The van der Waals surface area contributed by atoms with Crippen LogP contribution in [0.3, 0.4) is 0 Å². The summed E-state index contributed by atoms with van der Waals surface area (Å²) in [5, 5.41) is 13.7. The molecule has 0 saturated carbocycles. The molecule has 0 unspecified atom stereocenters. The van der Waals surface area contributed by atoms with Gasteiger partial charge in [0.25, 0.3) is 0 Å². The third-order valence-electron chi connectivity index (χ3n) is 6.11. The Hall–Kier alpha value is -3.04. The van der Waals surface area contributed by atoms with Crippen molar-refractivity contribution in [2.45, 2.75) is 6.54 Å². The van der Waals surface area contributed by atoms with Crippen LogP contribution < -0.4 is 5.32 Å². The van der Waals surface area contributed by atoms with Crippen LogP contribution in [0.1, 0.15) is 5.56 Å². The highest BCUT2D eigenvalue weighted by atomic mass is 35.5. The molecular formula is C25H26ClFN6O. The molecule has 3 N–H and O–H groups in total. The minimum absolute atomic E-state index is 0.209. The van der Waals surface area contributed by atoms with E-state index in [0.717, 1.165) is 55.9 Å². The first-order valence-corrected chi connectivity index (χ1v) is 11.7. The zero-order valence-electron chi connectivity index (χ0n) is 18.6. The molecule has 1 aliphatic rings. The van der Waals surface area contributed by atoms with Crippen molar-refractivity contribution in [1.29, 1.82) is 0 Å². The lowest BCUT2D eigenvalue weighted by Gasteiger charge is -2.34.